The molecule has 2 aromatic rings. The number of thiophene rings is 1. The number of aryl methyl sites for hydroxylation is 1. The molecule has 0 saturated heterocycles. The van der Waals surface area contributed by atoms with Crippen LogP contribution < -0.4 is 5.32 Å². The Bertz CT molecular complexity index is 535. The van der Waals surface area contributed by atoms with Gasteiger partial charge in [-0.3, -0.25) is 5.10 Å². The van der Waals surface area contributed by atoms with E-state index >= 15 is 0 Å². The number of carbonyl (C=O) groups is 1. The molecule has 2 amide bonds. The molecule has 0 radical (unpaired) electrons. The Morgan fingerprint density at radius 2 is 2.40 bits per heavy atom. The number of carbonyl (C=O) groups excluding carboxylic acids is 1. The van der Waals surface area contributed by atoms with Crippen molar-refractivity contribution >= 4 is 17.4 Å². The van der Waals surface area contributed by atoms with Gasteiger partial charge >= 0.3 is 6.03 Å². The van der Waals surface area contributed by atoms with E-state index in [1.807, 2.05) is 19.2 Å². The zero-order valence-electron chi connectivity index (χ0n) is 11.8. The molecule has 2 N–H and O–H groups in total. The minimum Gasteiger partial charge on any atom is -0.332 e. The van der Waals surface area contributed by atoms with E-state index in [0.29, 0.717) is 6.54 Å². The summed E-state index contributed by atoms with van der Waals surface area (Å²) in [7, 11) is 1.81. The number of nitrogens with zero attached hydrogens (tertiary/aromatic N) is 2. The van der Waals surface area contributed by atoms with E-state index in [0.717, 1.165) is 30.8 Å². The van der Waals surface area contributed by atoms with Crippen LogP contribution in [-0.2, 0) is 19.4 Å². The second kappa shape index (κ2) is 7.09. The fourth-order valence-electron chi connectivity index (χ4n) is 1.82. The lowest BCUT2D eigenvalue weighted by Crippen LogP contribution is -2.38. The highest BCUT2D eigenvalue weighted by atomic mass is 32.1. The number of likely N-dealkylation sites (N-methyl/N-ethyl adjacent to an activating group) is 1. The van der Waals surface area contributed by atoms with Crippen molar-refractivity contribution in [2.24, 2.45) is 0 Å². The third-order valence-electron chi connectivity index (χ3n) is 3.10. The fraction of sp³-hybridized carbons (Fsp3) is 0.429. The SMILES string of the molecule is CCc1cc(CNC(=O)N(C)CCc2cccs2)[nH]n1. The van der Waals surface area contributed by atoms with E-state index in [9.17, 15) is 4.79 Å². The molecular formula is C14H20N4OS. The van der Waals surface area contributed by atoms with Crippen LogP contribution in [0.1, 0.15) is 23.2 Å². The van der Waals surface area contributed by atoms with Crippen molar-refractivity contribution in [2.75, 3.05) is 13.6 Å². The molecule has 0 spiro atoms. The van der Waals surface area contributed by atoms with Crippen molar-refractivity contribution in [1.82, 2.24) is 20.4 Å². The monoisotopic (exact) mass is 292 g/mol. The number of hydrogen-bond acceptors (Lipinski definition) is 3. The molecule has 0 aliphatic rings. The zero-order valence-corrected chi connectivity index (χ0v) is 12.7. The minimum atomic E-state index is -0.0609. The molecule has 0 atom stereocenters. The van der Waals surface area contributed by atoms with Crippen LogP contribution >= 0.6 is 11.3 Å². The van der Waals surface area contributed by atoms with Crippen LogP contribution in [0.25, 0.3) is 0 Å². The van der Waals surface area contributed by atoms with Gasteiger partial charge in [0.05, 0.1) is 17.9 Å². The van der Waals surface area contributed by atoms with E-state index in [1.165, 1.54) is 4.88 Å². The van der Waals surface area contributed by atoms with Crippen molar-refractivity contribution < 1.29 is 4.79 Å². The molecule has 5 nitrogen and oxygen atoms in total. The maximum Gasteiger partial charge on any atom is 0.317 e. The topological polar surface area (TPSA) is 61.0 Å². The maximum absolute atomic E-state index is 11.9. The molecule has 2 aromatic heterocycles. The highest BCUT2D eigenvalue weighted by Gasteiger charge is 2.09. The summed E-state index contributed by atoms with van der Waals surface area (Å²) in [6.45, 7) is 3.25. The number of hydrogen-bond donors (Lipinski definition) is 2. The molecule has 2 heterocycles. The lowest BCUT2D eigenvalue weighted by atomic mass is 10.3. The average Bonchev–Trinajstić information content (AvgIpc) is 3.13. The standard InChI is InChI=1S/C14H20N4OS/c1-3-11-9-12(17-16-11)10-15-14(19)18(2)7-6-13-5-4-8-20-13/h4-5,8-9H,3,6-7,10H2,1-2H3,(H,15,19)(H,16,17). The quantitative estimate of drug-likeness (QED) is 0.859. The van der Waals surface area contributed by atoms with Gasteiger partial charge in [0.15, 0.2) is 0 Å². The highest BCUT2D eigenvalue weighted by Crippen LogP contribution is 2.09. The third kappa shape index (κ3) is 4.09. The summed E-state index contributed by atoms with van der Waals surface area (Å²) in [5.74, 6) is 0. The smallest absolute Gasteiger partial charge is 0.317 e. The summed E-state index contributed by atoms with van der Waals surface area (Å²) in [5.41, 5.74) is 1.95. The number of rotatable bonds is 6. The van der Waals surface area contributed by atoms with E-state index < -0.39 is 0 Å². The Kier molecular flexibility index (Phi) is 5.17. The molecule has 0 aromatic carbocycles. The number of aromatic amines is 1. The van der Waals surface area contributed by atoms with Gasteiger partial charge in [-0.1, -0.05) is 13.0 Å². The van der Waals surface area contributed by atoms with Crippen LogP contribution in [0.15, 0.2) is 23.6 Å². The van der Waals surface area contributed by atoms with E-state index in [4.69, 9.17) is 0 Å². The van der Waals surface area contributed by atoms with Gasteiger partial charge < -0.3 is 10.2 Å². The first kappa shape index (κ1) is 14.6. The van der Waals surface area contributed by atoms with E-state index in [2.05, 4.69) is 33.9 Å². The summed E-state index contributed by atoms with van der Waals surface area (Å²) >= 11 is 1.72. The molecule has 0 unspecified atom stereocenters. The maximum atomic E-state index is 11.9. The van der Waals surface area contributed by atoms with Gasteiger partial charge in [-0.15, -0.1) is 11.3 Å². The predicted octanol–water partition coefficient (Wildman–Crippen LogP) is 2.42. The second-order valence-corrected chi connectivity index (χ2v) is 5.68. The molecule has 0 aliphatic carbocycles. The lowest BCUT2D eigenvalue weighted by Gasteiger charge is -2.17. The third-order valence-corrected chi connectivity index (χ3v) is 4.03. The van der Waals surface area contributed by atoms with Gasteiger partial charge in [0.2, 0.25) is 0 Å². The predicted molar refractivity (Wildman–Crippen MR) is 80.9 cm³/mol. The van der Waals surface area contributed by atoms with Gasteiger partial charge in [0, 0.05) is 18.5 Å². The van der Waals surface area contributed by atoms with Crippen molar-refractivity contribution in [3.63, 3.8) is 0 Å². The van der Waals surface area contributed by atoms with Crippen LogP contribution in [0.3, 0.4) is 0 Å². The summed E-state index contributed by atoms with van der Waals surface area (Å²) < 4.78 is 0. The number of aromatic nitrogens is 2. The Morgan fingerprint density at radius 3 is 3.05 bits per heavy atom. The van der Waals surface area contributed by atoms with E-state index in [1.54, 1.807) is 16.2 Å². The average molecular weight is 292 g/mol. The Balaban J connectivity index is 1.73. The van der Waals surface area contributed by atoms with Gasteiger partial charge in [0.25, 0.3) is 0 Å². The number of amides is 2. The van der Waals surface area contributed by atoms with Gasteiger partial charge in [0.1, 0.15) is 0 Å². The van der Waals surface area contributed by atoms with Gasteiger partial charge in [-0.05, 0) is 30.4 Å². The Hall–Kier alpha value is -1.82. The van der Waals surface area contributed by atoms with Crippen molar-refractivity contribution in [1.29, 1.82) is 0 Å². The van der Waals surface area contributed by atoms with Gasteiger partial charge in [-0.2, -0.15) is 5.10 Å². The number of H-pyrrole nitrogens is 1. The zero-order chi connectivity index (χ0) is 14.4. The van der Waals surface area contributed by atoms with Crippen molar-refractivity contribution in [3.05, 3.63) is 39.8 Å². The number of urea groups is 1. The van der Waals surface area contributed by atoms with E-state index in [-0.39, 0.29) is 6.03 Å². The normalized spacial score (nSPS) is 10.5. The lowest BCUT2D eigenvalue weighted by molar-refractivity contribution is 0.209. The molecule has 20 heavy (non-hydrogen) atoms. The Labute approximate surface area is 123 Å². The minimum absolute atomic E-state index is 0.0609. The summed E-state index contributed by atoms with van der Waals surface area (Å²) in [6.07, 6.45) is 1.79. The van der Waals surface area contributed by atoms with Crippen LogP contribution in [-0.4, -0.2) is 34.7 Å². The molecule has 2 rings (SSSR count). The van der Waals surface area contributed by atoms with Crippen LogP contribution in [0.4, 0.5) is 4.79 Å². The molecule has 0 aliphatic heterocycles. The van der Waals surface area contributed by atoms with Crippen LogP contribution in [0.2, 0.25) is 0 Å². The Morgan fingerprint density at radius 1 is 1.55 bits per heavy atom. The molecule has 0 bridgehead atoms. The highest BCUT2D eigenvalue weighted by molar-refractivity contribution is 7.09. The first-order chi connectivity index (χ1) is 9.69. The van der Waals surface area contributed by atoms with Crippen LogP contribution in [0.5, 0.6) is 0 Å². The van der Waals surface area contributed by atoms with Gasteiger partial charge in [-0.25, -0.2) is 4.79 Å². The summed E-state index contributed by atoms with van der Waals surface area (Å²) in [4.78, 5) is 14.9. The molecule has 0 fully saturated rings. The van der Waals surface area contributed by atoms with Crippen LogP contribution in [0, 0.1) is 0 Å². The second-order valence-electron chi connectivity index (χ2n) is 4.65. The molecular weight excluding hydrogens is 272 g/mol. The number of nitrogens with one attached hydrogen (secondary N) is 2. The molecule has 108 valence electrons. The first-order valence-corrected chi connectivity index (χ1v) is 7.61. The van der Waals surface area contributed by atoms with Crippen molar-refractivity contribution in [3.8, 4) is 0 Å². The summed E-state index contributed by atoms with van der Waals surface area (Å²) in [6, 6.07) is 6.04. The first-order valence-electron chi connectivity index (χ1n) is 6.73. The largest absolute Gasteiger partial charge is 0.332 e. The molecule has 0 saturated carbocycles. The van der Waals surface area contributed by atoms with Crippen molar-refractivity contribution in [2.45, 2.75) is 26.3 Å². The fourth-order valence-corrected chi connectivity index (χ4v) is 2.52. The molecule has 6 heteroatoms. The summed E-state index contributed by atoms with van der Waals surface area (Å²) in [5, 5.41) is 12.0.